The third-order valence-electron chi connectivity index (χ3n) is 4.86. The van der Waals surface area contributed by atoms with Gasteiger partial charge in [0.05, 0.1) is 5.92 Å². The van der Waals surface area contributed by atoms with Gasteiger partial charge >= 0.3 is 0 Å². The second kappa shape index (κ2) is 7.13. The Balaban J connectivity index is 1.73. The Hall–Kier alpha value is -2.56. The van der Waals surface area contributed by atoms with Crippen molar-refractivity contribution >= 4 is 28.8 Å². The van der Waals surface area contributed by atoms with Crippen molar-refractivity contribution in [3.8, 4) is 0 Å². The molecule has 5 heteroatoms. The van der Waals surface area contributed by atoms with Gasteiger partial charge in [0.25, 0.3) is 0 Å². The summed E-state index contributed by atoms with van der Waals surface area (Å²) in [6, 6.07) is 8.14. The highest BCUT2D eigenvalue weighted by atomic mass is 16.2. The molecule has 1 atom stereocenters. The van der Waals surface area contributed by atoms with E-state index in [-0.39, 0.29) is 17.7 Å². The van der Waals surface area contributed by atoms with Gasteiger partial charge in [-0.05, 0) is 25.0 Å². The third-order valence-corrected chi connectivity index (χ3v) is 4.86. The fourth-order valence-electron chi connectivity index (χ4n) is 3.52. The van der Waals surface area contributed by atoms with Crippen LogP contribution in [-0.2, 0) is 16.6 Å². The van der Waals surface area contributed by atoms with E-state index < -0.39 is 0 Å². The molecule has 132 valence electrons. The summed E-state index contributed by atoms with van der Waals surface area (Å²) >= 11 is 0. The average molecular weight is 339 g/mol. The van der Waals surface area contributed by atoms with Crippen LogP contribution in [0.2, 0.25) is 0 Å². The standard InChI is InChI=1S/C20H25N3O2/c1-21(2)20(25)16-7-6-12-23(14-16)19(24)11-10-15-13-22(3)18-9-5-4-8-17(15)18/h4-5,8-11,13,16H,6-7,12,14H2,1-3H3/b11-10+/t16-/m0/s1. The van der Waals surface area contributed by atoms with E-state index in [1.165, 1.54) is 0 Å². The molecule has 25 heavy (non-hydrogen) atoms. The first-order valence-corrected chi connectivity index (χ1v) is 8.69. The molecule has 0 N–H and O–H groups in total. The van der Waals surface area contributed by atoms with Gasteiger partial charge in [-0.25, -0.2) is 0 Å². The number of aryl methyl sites for hydroxylation is 1. The van der Waals surface area contributed by atoms with Crippen LogP contribution in [0.3, 0.4) is 0 Å². The van der Waals surface area contributed by atoms with Crippen LogP contribution >= 0.6 is 0 Å². The molecule has 2 heterocycles. The second-order valence-electron chi connectivity index (χ2n) is 6.90. The summed E-state index contributed by atoms with van der Waals surface area (Å²) in [6.45, 7) is 1.23. The Morgan fingerprint density at radius 3 is 2.76 bits per heavy atom. The first kappa shape index (κ1) is 17.3. The lowest BCUT2D eigenvalue weighted by Crippen LogP contribution is -2.44. The molecule has 1 saturated heterocycles. The average Bonchev–Trinajstić information content (AvgIpc) is 2.95. The Kier molecular flexibility index (Phi) is 4.93. The van der Waals surface area contributed by atoms with Gasteiger partial charge in [-0.1, -0.05) is 18.2 Å². The molecule has 0 spiro atoms. The molecule has 0 bridgehead atoms. The summed E-state index contributed by atoms with van der Waals surface area (Å²) < 4.78 is 2.06. The second-order valence-corrected chi connectivity index (χ2v) is 6.90. The van der Waals surface area contributed by atoms with Crippen LogP contribution in [0.25, 0.3) is 17.0 Å². The number of fused-ring (bicyclic) bond motifs is 1. The number of nitrogens with zero attached hydrogens (tertiary/aromatic N) is 3. The van der Waals surface area contributed by atoms with Crippen LogP contribution in [0.5, 0.6) is 0 Å². The van der Waals surface area contributed by atoms with Gasteiger partial charge in [0.2, 0.25) is 11.8 Å². The Bertz CT molecular complexity index is 819. The molecule has 0 radical (unpaired) electrons. The molecule has 1 fully saturated rings. The number of para-hydroxylation sites is 1. The Morgan fingerprint density at radius 2 is 2.00 bits per heavy atom. The molecule has 0 aliphatic carbocycles. The SMILES string of the molecule is CN(C)C(=O)[C@H]1CCCN(C(=O)/C=C/c2cn(C)c3ccccc23)C1. The van der Waals surface area contributed by atoms with E-state index >= 15 is 0 Å². The maximum absolute atomic E-state index is 12.6. The minimum atomic E-state index is -0.0846. The largest absolute Gasteiger partial charge is 0.350 e. The number of hydrogen-bond acceptors (Lipinski definition) is 2. The summed E-state index contributed by atoms with van der Waals surface area (Å²) in [7, 11) is 5.54. The molecule has 2 aromatic rings. The van der Waals surface area contributed by atoms with Crippen LogP contribution in [0.4, 0.5) is 0 Å². The van der Waals surface area contributed by atoms with E-state index in [1.807, 2.05) is 31.5 Å². The van der Waals surface area contributed by atoms with E-state index in [4.69, 9.17) is 0 Å². The summed E-state index contributed by atoms with van der Waals surface area (Å²) in [6.07, 6.45) is 7.27. The monoisotopic (exact) mass is 339 g/mol. The highest BCUT2D eigenvalue weighted by molar-refractivity contribution is 5.96. The maximum atomic E-state index is 12.6. The number of aromatic nitrogens is 1. The van der Waals surface area contributed by atoms with Gasteiger partial charge in [0.15, 0.2) is 0 Å². The maximum Gasteiger partial charge on any atom is 0.246 e. The third kappa shape index (κ3) is 3.60. The molecule has 0 saturated carbocycles. The minimum Gasteiger partial charge on any atom is -0.350 e. The van der Waals surface area contributed by atoms with Crippen molar-refractivity contribution < 1.29 is 9.59 Å². The molecule has 3 rings (SSSR count). The van der Waals surface area contributed by atoms with Gasteiger partial charge in [0.1, 0.15) is 0 Å². The van der Waals surface area contributed by atoms with Crippen molar-refractivity contribution in [2.75, 3.05) is 27.2 Å². The zero-order valence-corrected chi connectivity index (χ0v) is 15.1. The highest BCUT2D eigenvalue weighted by Crippen LogP contribution is 2.22. The predicted octanol–water partition coefficient (Wildman–Crippen LogP) is 2.52. The van der Waals surface area contributed by atoms with Gasteiger partial charge in [-0.3, -0.25) is 9.59 Å². The van der Waals surface area contributed by atoms with Crippen LogP contribution in [0, 0.1) is 5.92 Å². The van der Waals surface area contributed by atoms with Crippen molar-refractivity contribution in [1.82, 2.24) is 14.4 Å². The van der Waals surface area contributed by atoms with E-state index in [1.54, 1.807) is 30.0 Å². The molecular weight excluding hydrogens is 314 g/mol. The zero-order chi connectivity index (χ0) is 18.0. The topological polar surface area (TPSA) is 45.6 Å². The minimum absolute atomic E-state index is 0.0239. The first-order chi connectivity index (χ1) is 12.0. The number of amides is 2. The lowest BCUT2D eigenvalue weighted by Gasteiger charge is -2.32. The Labute approximate surface area is 148 Å². The van der Waals surface area contributed by atoms with Gasteiger partial charge in [0, 0.05) is 63.0 Å². The molecule has 1 aromatic heterocycles. The molecule has 2 amide bonds. The normalized spacial score (nSPS) is 18.0. The smallest absolute Gasteiger partial charge is 0.246 e. The molecule has 0 unspecified atom stereocenters. The van der Waals surface area contributed by atoms with E-state index in [0.29, 0.717) is 6.54 Å². The number of piperidine rings is 1. The summed E-state index contributed by atoms with van der Waals surface area (Å²) in [4.78, 5) is 28.1. The zero-order valence-electron chi connectivity index (χ0n) is 15.1. The van der Waals surface area contributed by atoms with Crippen molar-refractivity contribution in [3.63, 3.8) is 0 Å². The predicted molar refractivity (Wildman–Crippen MR) is 100.0 cm³/mol. The van der Waals surface area contributed by atoms with Gasteiger partial charge in [-0.15, -0.1) is 0 Å². The van der Waals surface area contributed by atoms with Crippen molar-refractivity contribution in [3.05, 3.63) is 42.1 Å². The summed E-state index contributed by atoms with van der Waals surface area (Å²) in [5.74, 6) is -0.00150. The Morgan fingerprint density at radius 1 is 1.24 bits per heavy atom. The lowest BCUT2D eigenvalue weighted by molar-refractivity contribution is -0.137. The molecule has 1 aliphatic heterocycles. The van der Waals surface area contributed by atoms with Gasteiger partial charge in [-0.2, -0.15) is 0 Å². The van der Waals surface area contributed by atoms with E-state index in [2.05, 4.69) is 16.7 Å². The first-order valence-electron chi connectivity index (χ1n) is 8.69. The van der Waals surface area contributed by atoms with E-state index in [9.17, 15) is 9.59 Å². The number of carbonyl (C=O) groups excluding carboxylic acids is 2. The quantitative estimate of drug-likeness (QED) is 0.807. The number of likely N-dealkylation sites (tertiary alicyclic amines) is 1. The summed E-state index contributed by atoms with van der Waals surface area (Å²) in [5, 5.41) is 1.13. The van der Waals surface area contributed by atoms with E-state index in [0.717, 1.165) is 35.9 Å². The lowest BCUT2D eigenvalue weighted by atomic mass is 9.96. The summed E-state index contributed by atoms with van der Waals surface area (Å²) in [5.41, 5.74) is 2.17. The number of hydrogen-bond donors (Lipinski definition) is 0. The van der Waals surface area contributed by atoms with Crippen molar-refractivity contribution in [2.24, 2.45) is 13.0 Å². The molecular formula is C20H25N3O2. The van der Waals surface area contributed by atoms with Gasteiger partial charge < -0.3 is 14.4 Å². The van der Waals surface area contributed by atoms with Crippen LogP contribution in [0.1, 0.15) is 18.4 Å². The number of rotatable bonds is 3. The number of benzene rings is 1. The molecule has 1 aliphatic rings. The molecule has 5 nitrogen and oxygen atoms in total. The van der Waals surface area contributed by atoms with Crippen LogP contribution < -0.4 is 0 Å². The number of carbonyl (C=O) groups is 2. The highest BCUT2D eigenvalue weighted by Gasteiger charge is 2.28. The van der Waals surface area contributed by atoms with Crippen molar-refractivity contribution in [2.45, 2.75) is 12.8 Å². The molecule has 1 aromatic carbocycles. The van der Waals surface area contributed by atoms with Crippen LogP contribution in [-0.4, -0.2) is 53.4 Å². The fourth-order valence-corrected chi connectivity index (χ4v) is 3.52. The van der Waals surface area contributed by atoms with Crippen molar-refractivity contribution in [1.29, 1.82) is 0 Å². The van der Waals surface area contributed by atoms with Crippen LogP contribution in [0.15, 0.2) is 36.5 Å². The fraction of sp³-hybridized carbons (Fsp3) is 0.400.